The highest BCUT2D eigenvalue weighted by Crippen LogP contribution is 2.30. The Morgan fingerprint density at radius 3 is 2.50 bits per heavy atom. The van der Waals surface area contributed by atoms with E-state index < -0.39 is 30.2 Å². The number of rotatable bonds is 5. The van der Waals surface area contributed by atoms with Gasteiger partial charge in [-0.2, -0.15) is 13.2 Å². The molecule has 8 nitrogen and oxygen atoms in total. The number of methoxy groups -OCH3 is 1. The van der Waals surface area contributed by atoms with Crippen LogP contribution in [0.25, 0.3) is 11.0 Å². The maximum atomic E-state index is 12.8. The molecule has 11 heteroatoms. The molecule has 0 atom stereocenters. The Hall–Kier alpha value is -3.63. The number of alkyl halides is 3. The summed E-state index contributed by atoms with van der Waals surface area (Å²) in [5.41, 5.74) is -0.0190. The molecule has 3 rings (SSSR count). The number of benzene rings is 2. The normalized spacial score (nSPS) is 11.3. The lowest BCUT2D eigenvalue weighted by atomic mass is 10.2. The molecule has 146 valence electrons. The number of ether oxygens (including phenoxy) is 1. The lowest BCUT2D eigenvalue weighted by Gasteiger charge is -2.09. The van der Waals surface area contributed by atoms with Crippen LogP contribution in [0.5, 0.6) is 0 Å². The number of carbonyl (C=O) groups is 2. The Morgan fingerprint density at radius 2 is 1.86 bits per heavy atom. The fourth-order valence-corrected chi connectivity index (χ4v) is 2.29. The van der Waals surface area contributed by atoms with Gasteiger partial charge in [0.15, 0.2) is 6.61 Å². The van der Waals surface area contributed by atoms with E-state index in [0.29, 0.717) is 11.3 Å². The summed E-state index contributed by atoms with van der Waals surface area (Å²) in [7, 11) is 1.25. The van der Waals surface area contributed by atoms with Crippen LogP contribution in [0.2, 0.25) is 0 Å². The lowest BCUT2D eigenvalue weighted by Crippen LogP contribution is -2.26. The standard InChI is InChI=1S/C17H13F3N4O4/c1-27-16(26)10-2-5-12(6-3-10)21-15(25)9-28-24-14-8-11(17(18,19)20)4-7-13(14)22-23-24/h2-8H,9H2,1H3,(H,21,25). The van der Waals surface area contributed by atoms with Crippen LogP contribution >= 0.6 is 0 Å². The third kappa shape index (κ3) is 4.19. The molecule has 0 aliphatic heterocycles. The smallest absolute Gasteiger partial charge is 0.416 e. The number of halogens is 3. The first-order valence-corrected chi connectivity index (χ1v) is 7.82. The van der Waals surface area contributed by atoms with Crippen molar-refractivity contribution in [2.24, 2.45) is 0 Å². The van der Waals surface area contributed by atoms with Crippen molar-refractivity contribution in [1.29, 1.82) is 0 Å². The summed E-state index contributed by atoms with van der Waals surface area (Å²) < 4.78 is 43.1. The highest BCUT2D eigenvalue weighted by atomic mass is 19.4. The zero-order chi connectivity index (χ0) is 20.3. The Labute approximate surface area is 155 Å². The summed E-state index contributed by atoms with van der Waals surface area (Å²) in [5.74, 6) is -1.10. The fourth-order valence-electron chi connectivity index (χ4n) is 2.29. The van der Waals surface area contributed by atoms with Gasteiger partial charge in [-0.25, -0.2) is 4.79 Å². The second-order valence-electron chi connectivity index (χ2n) is 5.55. The average Bonchev–Trinajstić information content (AvgIpc) is 3.08. The minimum atomic E-state index is -4.53. The Morgan fingerprint density at radius 1 is 1.14 bits per heavy atom. The van der Waals surface area contributed by atoms with E-state index >= 15 is 0 Å². The molecular formula is C17H13F3N4O4. The number of esters is 1. The first kappa shape index (κ1) is 19.1. The van der Waals surface area contributed by atoms with Crippen LogP contribution in [0.4, 0.5) is 18.9 Å². The zero-order valence-electron chi connectivity index (χ0n) is 14.4. The van der Waals surface area contributed by atoms with E-state index in [1.54, 1.807) is 0 Å². The van der Waals surface area contributed by atoms with Crippen molar-refractivity contribution >= 4 is 28.6 Å². The Kier molecular flexibility index (Phi) is 5.16. The van der Waals surface area contributed by atoms with Crippen LogP contribution in [-0.2, 0) is 15.7 Å². The van der Waals surface area contributed by atoms with Crippen molar-refractivity contribution in [2.75, 3.05) is 19.0 Å². The molecule has 1 heterocycles. The number of fused-ring (bicyclic) bond motifs is 1. The quantitative estimate of drug-likeness (QED) is 0.668. The van der Waals surface area contributed by atoms with Gasteiger partial charge in [0, 0.05) is 5.69 Å². The molecule has 1 amide bonds. The molecule has 2 aromatic carbocycles. The molecule has 1 aromatic heterocycles. The number of amides is 1. The number of aromatic nitrogens is 3. The topological polar surface area (TPSA) is 95.3 Å². The summed E-state index contributed by atoms with van der Waals surface area (Å²) in [6.45, 7) is -0.520. The van der Waals surface area contributed by atoms with Crippen molar-refractivity contribution in [2.45, 2.75) is 6.18 Å². The van der Waals surface area contributed by atoms with E-state index in [1.165, 1.54) is 31.4 Å². The number of hydrogen-bond acceptors (Lipinski definition) is 6. The average molecular weight is 394 g/mol. The molecule has 0 fully saturated rings. The summed E-state index contributed by atoms with van der Waals surface area (Å²) in [4.78, 5) is 29.2. The van der Waals surface area contributed by atoms with Gasteiger partial charge in [0.1, 0.15) is 11.0 Å². The molecule has 28 heavy (non-hydrogen) atoms. The molecule has 0 saturated heterocycles. The third-order valence-corrected chi connectivity index (χ3v) is 3.65. The maximum absolute atomic E-state index is 12.8. The van der Waals surface area contributed by atoms with Crippen LogP contribution < -0.4 is 10.2 Å². The van der Waals surface area contributed by atoms with Crippen molar-refractivity contribution < 1.29 is 32.3 Å². The fraction of sp³-hybridized carbons (Fsp3) is 0.176. The van der Waals surface area contributed by atoms with E-state index in [9.17, 15) is 22.8 Å². The van der Waals surface area contributed by atoms with E-state index in [2.05, 4.69) is 20.4 Å². The summed E-state index contributed by atoms with van der Waals surface area (Å²) in [6, 6.07) is 8.78. The first-order valence-electron chi connectivity index (χ1n) is 7.82. The van der Waals surface area contributed by atoms with Crippen molar-refractivity contribution in [3.05, 3.63) is 53.6 Å². The number of anilines is 1. The number of nitrogens with zero attached hydrogens (tertiary/aromatic N) is 3. The van der Waals surface area contributed by atoms with Gasteiger partial charge in [-0.3, -0.25) is 4.79 Å². The molecule has 1 N–H and O–H groups in total. The maximum Gasteiger partial charge on any atom is 0.416 e. The Bertz CT molecular complexity index is 1020. The number of nitrogens with one attached hydrogen (secondary N) is 1. The molecule has 0 spiro atoms. The van der Waals surface area contributed by atoms with Gasteiger partial charge in [0.05, 0.1) is 18.2 Å². The van der Waals surface area contributed by atoms with Crippen LogP contribution in [0, 0.1) is 0 Å². The highest BCUT2D eigenvalue weighted by Gasteiger charge is 2.31. The van der Waals surface area contributed by atoms with Crippen molar-refractivity contribution in [3.63, 3.8) is 0 Å². The molecule has 0 saturated carbocycles. The monoisotopic (exact) mass is 394 g/mol. The Balaban J connectivity index is 1.65. The minimum Gasteiger partial charge on any atom is -0.465 e. The van der Waals surface area contributed by atoms with E-state index in [0.717, 1.165) is 23.0 Å². The lowest BCUT2D eigenvalue weighted by molar-refractivity contribution is -0.137. The van der Waals surface area contributed by atoms with Crippen LogP contribution in [0.15, 0.2) is 42.5 Å². The molecule has 3 aromatic rings. The first-order chi connectivity index (χ1) is 13.3. The third-order valence-electron chi connectivity index (χ3n) is 3.65. The molecule has 0 aliphatic rings. The summed E-state index contributed by atoms with van der Waals surface area (Å²) in [5, 5.41) is 9.78. The highest BCUT2D eigenvalue weighted by molar-refractivity contribution is 5.93. The van der Waals surface area contributed by atoms with Gasteiger partial charge >= 0.3 is 12.1 Å². The SMILES string of the molecule is COC(=O)c1ccc(NC(=O)COn2nnc3ccc(C(F)(F)F)cc32)cc1. The van der Waals surface area contributed by atoms with Gasteiger partial charge in [-0.15, -0.1) is 5.10 Å². The molecular weight excluding hydrogens is 381 g/mol. The summed E-state index contributed by atoms with van der Waals surface area (Å²) >= 11 is 0. The predicted octanol–water partition coefficient (Wildman–Crippen LogP) is 2.30. The second-order valence-corrected chi connectivity index (χ2v) is 5.55. The number of carbonyl (C=O) groups excluding carboxylic acids is 2. The van der Waals surface area contributed by atoms with E-state index in [4.69, 9.17) is 4.84 Å². The van der Waals surface area contributed by atoms with Gasteiger partial charge in [0.25, 0.3) is 5.91 Å². The van der Waals surface area contributed by atoms with Gasteiger partial charge in [-0.1, -0.05) is 4.85 Å². The molecule has 0 unspecified atom stereocenters. The van der Waals surface area contributed by atoms with Crippen LogP contribution in [-0.4, -0.2) is 40.8 Å². The molecule has 0 bridgehead atoms. The zero-order valence-corrected chi connectivity index (χ0v) is 14.4. The van der Waals surface area contributed by atoms with Crippen molar-refractivity contribution in [1.82, 2.24) is 15.2 Å². The second kappa shape index (κ2) is 7.55. The predicted molar refractivity (Wildman–Crippen MR) is 90.4 cm³/mol. The van der Waals surface area contributed by atoms with Crippen LogP contribution in [0.1, 0.15) is 15.9 Å². The van der Waals surface area contributed by atoms with Gasteiger partial charge in [-0.05, 0) is 47.7 Å². The minimum absolute atomic E-state index is 0.0231. The van der Waals surface area contributed by atoms with E-state index in [-0.39, 0.29) is 11.0 Å². The molecule has 0 aliphatic carbocycles. The molecule has 0 radical (unpaired) electrons. The van der Waals surface area contributed by atoms with Crippen LogP contribution in [0.3, 0.4) is 0 Å². The van der Waals surface area contributed by atoms with Crippen molar-refractivity contribution in [3.8, 4) is 0 Å². The summed E-state index contributed by atoms with van der Waals surface area (Å²) in [6.07, 6.45) is -4.53. The van der Waals surface area contributed by atoms with Gasteiger partial charge < -0.3 is 14.9 Å². The van der Waals surface area contributed by atoms with Gasteiger partial charge in [0.2, 0.25) is 0 Å². The largest absolute Gasteiger partial charge is 0.465 e. The van der Waals surface area contributed by atoms with E-state index in [1.807, 2.05) is 0 Å². The number of hydrogen-bond donors (Lipinski definition) is 1.